The van der Waals surface area contributed by atoms with Crippen LogP contribution in [0.2, 0.25) is 0 Å². The predicted molar refractivity (Wildman–Crippen MR) is 79.7 cm³/mol. The first-order valence-corrected chi connectivity index (χ1v) is 7.35. The second-order valence-electron chi connectivity index (χ2n) is 5.72. The number of hydrogen-bond acceptors (Lipinski definition) is 4. The summed E-state index contributed by atoms with van der Waals surface area (Å²) in [6.07, 6.45) is 7.41. The molecule has 0 bridgehead atoms. The van der Waals surface area contributed by atoms with Gasteiger partial charge in [-0.3, -0.25) is 9.78 Å². The first kappa shape index (κ1) is 15.5. The Balaban J connectivity index is 1.97. The van der Waals surface area contributed by atoms with Gasteiger partial charge in [0.25, 0.3) is 0 Å². The lowest BCUT2D eigenvalue weighted by Gasteiger charge is -2.12. The molecule has 2 aromatic heterocycles. The standard InChI is InChI=1S/C16H16F2N4O/c1-16(17,18)15-21-5-11(6-22-15)13-4-12(7-19-9-23)20-8-14(13)10-2-3-10/h4-6,8-10H,2-3,7H2,1H3,(H,19,23). The van der Waals surface area contributed by atoms with E-state index in [1.807, 2.05) is 6.07 Å². The number of pyridine rings is 1. The highest BCUT2D eigenvalue weighted by Gasteiger charge is 2.29. The van der Waals surface area contributed by atoms with Crippen molar-refractivity contribution in [2.75, 3.05) is 0 Å². The zero-order valence-corrected chi connectivity index (χ0v) is 12.6. The summed E-state index contributed by atoms with van der Waals surface area (Å²) in [5.41, 5.74) is 3.33. The molecule has 0 atom stereocenters. The predicted octanol–water partition coefficient (Wildman–Crippen LogP) is 2.77. The third-order valence-corrected chi connectivity index (χ3v) is 3.73. The van der Waals surface area contributed by atoms with Crippen molar-refractivity contribution < 1.29 is 13.6 Å². The van der Waals surface area contributed by atoms with E-state index in [9.17, 15) is 13.6 Å². The number of aromatic nitrogens is 3. The molecule has 3 rings (SSSR count). The average Bonchev–Trinajstić information content (AvgIpc) is 3.37. The molecule has 1 aliphatic rings. The molecule has 0 aliphatic heterocycles. The summed E-state index contributed by atoms with van der Waals surface area (Å²) in [6, 6.07) is 1.85. The smallest absolute Gasteiger partial charge is 0.303 e. The van der Waals surface area contributed by atoms with Gasteiger partial charge in [-0.25, -0.2) is 9.97 Å². The number of alkyl halides is 2. The Morgan fingerprint density at radius 3 is 2.52 bits per heavy atom. The highest BCUT2D eigenvalue weighted by molar-refractivity contribution is 5.67. The molecule has 1 saturated carbocycles. The van der Waals surface area contributed by atoms with Gasteiger partial charge in [0, 0.05) is 31.1 Å². The molecule has 0 spiro atoms. The lowest BCUT2D eigenvalue weighted by atomic mass is 10.00. The quantitative estimate of drug-likeness (QED) is 0.832. The molecule has 0 radical (unpaired) electrons. The van der Waals surface area contributed by atoms with E-state index in [4.69, 9.17) is 0 Å². The van der Waals surface area contributed by atoms with E-state index in [-0.39, 0.29) is 0 Å². The summed E-state index contributed by atoms with van der Waals surface area (Å²) in [5, 5.41) is 2.56. The molecule has 120 valence electrons. The summed E-state index contributed by atoms with van der Waals surface area (Å²) in [5.74, 6) is -3.11. The average molecular weight is 318 g/mol. The maximum absolute atomic E-state index is 13.2. The van der Waals surface area contributed by atoms with Gasteiger partial charge in [-0.15, -0.1) is 0 Å². The van der Waals surface area contributed by atoms with E-state index in [0.29, 0.717) is 30.1 Å². The minimum Gasteiger partial charge on any atom is -0.353 e. The van der Waals surface area contributed by atoms with Crippen molar-refractivity contribution in [1.29, 1.82) is 0 Å². The van der Waals surface area contributed by atoms with E-state index >= 15 is 0 Å². The van der Waals surface area contributed by atoms with Crippen LogP contribution in [0.5, 0.6) is 0 Å². The lowest BCUT2D eigenvalue weighted by molar-refractivity contribution is -0.109. The largest absolute Gasteiger partial charge is 0.353 e. The Labute approximate surface area is 132 Å². The Morgan fingerprint density at radius 1 is 1.26 bits per heavy atom. The van der Waals surface area contributed by atoms with Crippen LogP contribution in [0.15, 0.2) is 24.7 Å². The number of carbonyl (C=O) groups is 1. The molecule has 23 heavy (non-hydrogen) atoms. The van der Waals surface area contributed by atoms with E-state index < -0.39 is 11.7 Å². The van der Waals surface area contributed by atoms with Crippen molar-refractivity contribution in [3.63, 3.8) is 0 Å². The zero-order chi connectivity index (χ0) is 16.4. The van der Waals surface area contributed by atoms with Gasteiger partial charge in [0.1, 0.15) is 0 Å². The van der Waals surface area contributed by atoms with Crippen LogP contribution >= 0.6 is 0 Å². The molecule has 5 nitrogen and oxygen atoms in total. The molecule has 0 saturated heterocycles. The Morgan fingerprint density at radius 2 is 1.96 bits per heavy atom. The molecular weight excluding hydrogens is 302 g/mol. The molecule has 1 N–H and O–H groups in total. The molecule has 1 amide bonds. The minimum atomic E-state index is -3.06. The maximum atomic E-state index is 13.2. The van der Waals surface area contributed by atoms with Crippen LogP contribution in [0.3, 0.4) is 0 Å². The fourth-order valence-electron chi connectivity index (χ4n) is 2.42. The summed E-state index contributed by atoms with van der Waals surface area (Å²) in [4.78, 5) is 22.3. The van der Waals surface area contributed by atoms with Crippen molar-refractivity contribution in [3.8, 4) is 11.1 Å². The van der Waals surface area contributed by atoms with Crippen LogP contribution in [0.4, 0.5) is 8.78 Å². The number of amides is 1. The van der Waals surface area contributed by atoms with Gasteiger partial charge in [0.2, 0.25) is 6.41 Å². The topological polar surface area (TPSA) is 67.8 Å². The van der Waals surface area contributed by atoms with E-state index in [1.54, 1.807) is 6.20 Å². The van der Waals surface area contributed by atoms with E-state index in [0.717, 1.165) is 30.9 Å². The number of hydrogen-bond donors (Lipinski definition) is 1. The monoisotopic (exact) mass is 318 g/mol. The summed E-state index contributed by atoms with van der Waals surface area (Å²) >= 11 is 0. The fourth-order valence-corrected chi connectivity index (χ4v) is 2.42. The number of nitrogens with one attached hydrogen (secondary N) is 1. The van der Waals surface area contributed by atoms with Crippen LogP contribution in [0.25, 0.3) is 11.1 Å². The van der Waals surface area contributed by atoms with Crippen LogP contribution in [-0.4, -0.2) is 21.4 Å². The van der Waals surface area contributed by atoms with Crippen molar-refractivity contribution in [2.45, 2.75) is 38.2 Å². The van der Waals surface area contributed by atoms with Crippen LogP contribution in [-0.2, 0) is 17.3 Å². The maximum Gasteiger partial charge on any atom is 0.303 e. The highest BCUT2D eigenvalue weighted by Crippen LogP contribution is 2.44. The van der Waals surface area contributed by atoms with Gasteiger partial charge in [-0.1, -0.05) is 0 Å². The molecule has 1 fully saturated rings. The van der Waals surface area contributed by atoms with Gasteiger partial charge < -0.3 is 5.32 Å². The number of halogens is 2. The Bertz CT molecular complexity index is 709. The van der Waals surface area contributed by atoms with Gasteiger partial charge in [-0.2, -0.15) is 8.78 Å². The number of nitrogens with zero attached hydrogens (tertiary/aromatic N) is 3. The highest BCUT2D eigenvalue weighted by atomic mass is 19.3. The summed E-state index contributed by atoms with van der Waals surface area (Å²) in [6.45, 7) is 1.08. The summed E-state index contributed by atoms with van der Waals surface area (Å²) < 4.78 is 26.5. The van der Waals surface area contributed by atoms with Gasteiger partial charge in [0.15, 0.2) is 5.82 Å². The molecule has 0 unspecified atom stereocenters. The molecule has 7 heteroatoms. The summed E-state index contributed by atoms with van der Waals surface area (Å²) in [7, 11) is 0. The third kappa shape index (κ3) is 3.49. The molecule has 1 aliphatic carbocycles. The Hall–Kier alpha value is -2.44. The second-order valence-corrected chi connectivity index (χ2v) is 5.72. The van der Waals surface area contributed by atoms with Crippen molar-refractivity contribution in [3.05, 3.63) is 41.7 Å². The molecule has 2 aromatic rings. The van der Waals surface area contributed by atoms with Crippen molar-refractivity contribution in [2.24, 2.45) is 0 Å². The van der Waals surface area contributed by atoms with Crippen LogP contribution in [0.1, 0.15) is 42.8 Å². The Kier molecular flexibility index (Phi) is 4.02. The van der Waals surface area contributed by atoms with Gasteiger partial charge in [-0.05, 0) is 36.0 Å². The molecule has 2 heterocycles. The lowest BCUT2D eigenvalue weighted by Crippen LogP contribution is -2.13. The van der Waals surface area contributed by atoms with E-state index in [1.165, 1.54) is 12.4 Å². The van der Waals surface area contributed by atoms with Gasteiger partial charge in [0.05, 0.1) is 12.2 Å². The first-order valence-electron chi connectivity index (χ1n) is 7.35. The molecular formula is C16H16F2N4O. The number of rotatable bonds is 6. The van der Waals surface area contributed by atoms with Crippen LogP contribution < -0.4 is 5.32 Å². The minimum absolute atomic E-state index is 0.313. The van der Waals surface area contributed by atoms with E-state index in [2.05, 4.69) is 20.3 Å². The number of carbonyl (C=O) groups excluding carboxylic acids is 1. The molecule has 0 aromatic carbocycles. The zero-order valence-electron chi connectivity index (χ0n) is 12.6. The van der Waals surface area contributed by atoms with Crippen molar-refractivity contribution >= 4 is 6.41 Å². The van der Waals surface area contributed by atoms with Crippen molar-refractivity contribution in [1.82, 2.24) is 20.3 Å². The van der Waals surface area contributed by atoms with Crippen LogP contribution in [0, 0.1) is 0 Å². The normalized spacial score (nSPS) is 14.6. The first-order chi connectivity index (χ1) is 11.0. The SMILES string of the molecule is CC(F)(F)c1ncc(-c2cc(CNC=O)ncc2C2CC2)cn1. The second kappa shape index (κ2) is 5.98. The third-order valence-electron chi connectivity index (χ3n) is 3.73. The fraction of sp³-hybridized carbons (Fsp3) is 0.375. The van der Waals surface area contributed by atoms with Gasteiger partial charge >= 0.3 is 5.92 Å².